The van der Waals surface area contributed by atoms with Crippen LogP contribution in [0.4, 0.5) is 0 Å². The van der Waals surface area contributed by atoms with Crippen LogP contribution in [-0.4, -0.2) is 27.7 Å². The molecule has 1 fully saturated rings. The van der Waals surface area contributed by atoms with Crippen molar-refractivity contribution in [3.63, 3.8) is 0 Å². The molecule has 1 saturated heterocycles. The van der Waals surface area contributed by atoms with Crippen molar-refractivity contribution < 1.29 is 0 Å². The zero-order valence-corrected chi connectivity index (χ0v) is 9.61. The van der Waals surface area contributed by atoms with Gasteiger partial charge in [0.2, 0.25) is 0 Å². The van der Waals surface area contributed by atoms with Crippen molar-refractivity contribution in [2.45, 2.75) is 18.8 Å². The SMILES string of the molecule is Clc1cccn2c(C3CCCNC3)nnc12. The van der Waals surface area contributed by atoms with Crippen molar-refractivity contribution in [3.05, 3.63) is 29.2 Å². The van der Waals surface area contributed by atoms with E-state index in [2.05, 4.69) is 15.5 Å². The Bertz CT molecular complexity index is 502. The van der Waals surface area contributed by atoms with Gasteiger partial charge in [0.15, 0.2) is 5.65 Å². The Labute approximate surface area is 98.6 Å². The maximum Gasteiger partial charge on any atom is 0.179 e. The molecule has 84 valence electrons. The van der Waals surface area contributed by atoms with Gasteiger partial charge in [0.05, 0.1) is 5.02 Å². The largest absolute Gasteiger partial charge is 0.316 e. The summed E-state index contributed by atoms with van der Waals surface area (Å²) in [6.07, 6.45) is 4.34. The molecule has 3 heterocycles. The van der Waals surface area contributed by atoms with Crippen LogP contribution in [0, 0.1) is 0 Å². The summed E-state index contributed by atoms with van der Waals surface area (Å²) in [4.78, 5) is 0. The minimum absolute atomic E-state index is 0.446. The van der Waals surface area contributed by atoms with Crippen LogP contribution in [0.3, 0.4) is 0 Å². The van der Waals surface area contributed by atoms with Gasteiger partial charge in [-0.1, -0.05) is 11.6 Å². The van der Waals surface area contributed by atoms with E-state index in [-0.39, 0.29) is 0 Å². The predicted molar refractivity (Wildman–Crippen MR) is 62.8 cm³/mol. The van der Waals surface area contributed by atoms with Crippen LogP contribution >= 0.6 is 11.6 Å². The first-order valence-electron chi connectivity index (χ1n) is 5.56. The van der Waals surface area contributed by atoms with E-state index in [9.17, 15) is 0 Å². The highest BCUT2D eigenvalue weighted by Crippen LogP contribution is 2.24. The molecule has 2 aromatic rings. The van der Waals surface area contributed by atoms with Crippen LogP contribution in [-0.2, 0) is 0 Å². The molecule has 3 rings (SSSR count). The van der Waals surface area contributed by atoms with Crippen molar-refractivity contribution in [2.75, 3.05) is 13.1 Å². The van der Waals surface area contributed by atoms with Gasteiger partial charge in [0, 0.05) is 18.7 Å². The lowest BCUT2D eigenvalue weighted by Crippen LogP contribution is -2.29. The molecule has 2 aromatic heterocycles. The third kappa shape index (κ3) is 1.58. The summed E-state index contributed by atoms with van der Waals surface area (Å²) in [5.74, 6) is 1.46. The van der Waals surface area contributed by atoms with Crippen LogP contribution < -0.4 is 5.32 Å². The van der Waals surface area contributed by atoms with E-state index in [1.807, 2.05) is 22.7 Å². The average molecular weight is 237 g/mol. The topological polar surface area (TPSA) is 42.2 Å². The lowest BCUT2D eigenvalue weighted by molar-refractivity contribution is 0.444. The lowest BCUT2D eigenvalue weighted by Gasteiger charge is -2.21. The standard InChI is InChI=1S/C11H13ClN4/c12-9-4-2-6-16-10(14-15-11(9)16)8-3-1-5-13-7-8/h2,4,6,8,13H,1,3,5,7H2. The number of nitrogens with zero attached hydrogens (tertiary/aromatic N) is 3. The number of aromatic nitrogens is 3. The monoisotopic (exact) mass is 236 g/mol. The zero-order valence-electron chi connectivity index (χ0n) is 8.86. The molecule has 4 nitrogen and oxygen atoms in total. The predicted octanol–water partition coefficient (Wildman–Crippen LogP) is 1.85. The van der Waals surface area contributed by atoms with Gasteiger partial charge in [0.25, 0.3) is 0 Å². The molecule has 1 N–H and O–H groups in total. The second-order valence-electron chi connectivity index (χ2n) is 4.15. The second kappa shape index (κ2) is 4.03. The first kappa shape index (κ1) is 10.1. The summed E-state index contributed by atoms with van der Waals surface area (Å²) in [7, 11) is 0. The summed E-state index contributed by atoms with van der Waals surface area (Å²) in [5, 5.41) is 12.5. The minimum atomic E-state index is 0.446. The highest BCUT2D eigenvalue weighted by atomic mass is 35.5. The van der Waals surface area contributed by atoms with Gasteiger partial charge < -0.3 is 5.32 Å². The number of hydrogen-bond acceptors (Lipinski definition) is 3. The lowest BCUT2D eigenvalue weighted by atomic mass is 9.99. The summed E-state index contributed by atoms with van der Waals surface area (Å²) in [6.45, 7) is 2.08. The van der Waals surface area contributed by atoms with E-state index in [1.54, 1.807) is 0 Å². The Kier molecular flexibility index (Phi) is 2.53. The Morgan fingerprint density at radius 1 is 1.44 bits per heavy atom. The van der Waals surface area contributed by atoms with E-state index in [0.29, 0.717) is 10.9 Å². The van der Waals surface area contributed by atoms with Crippen LogP contribution in [0.15, 0.2) is 18.3 Å². The van der Waals surface area contributed by atoms with Crippen molar-refractivity contribution in [1.29, 1.82) is 0 Å². The molecule has 0 aromatic carbocycles. The smallest absolute Gasteiger partial charge is 0.179 e. The third-order valence-electron chi connectivity index (χ3n) is 3.08. The van der Waals surface area contributed by atoms with Gasteiger partial charge in [-0.15, -0.1) is 10.2 Å². The molecular weight excluding hydrogens is 224 g/mol. The molecule has 5 heteroatoms. The van der Waals surface area contributed by atoms with E-state index < -0.39 is 0 Å². The summed E-state index contributed by atoms with van der Waals surface area (Å²) in [6, 6.07) is 3.77. The maximum absolute atomic E-state index is 6.07. The maximum atomic E-state index is 6.07. The molecule has 1 aliphatic rings. The Balaban J connectivity index is 2.06. The molecule has 0 radical (unpaired) electrons. The molecule has 1 aliphatic heterocycles. The molecule has 1 unspecified atom stereocenters. The van der Waals surface area contributed by atoms with Gasteiger partial charge in [0.1, 0.15) is 5.82 Å². The first-order chi connectivity index (χ1) is 7.86. The number of hydrogen-bond donors (Lipinski definition) is 1. The van der Waals surface area contributed by atoms with Crippen LogP contribution in [0.1, 0.15) is 24.6 Å². The van der Waals surface area contributed by atoms with Crippen molar-refractivity contribution in [1.82, 2.24) is 19.9 Å². The number of fused-ring (bicyclic) bond motifs is 1. The highest BCUT2D eigenvalue weighted by Gasteiger charge is 2.20. The van der Waals surface area contributed by atoms with E-state index >= 15 is 0 Å². The third-order valence-corrected chi connectivity index (χ3v) is 3.37. The van der Waals surface area contributed by atoms with E-state index in [4.69, 9.17) is 11.6 Å². The average Bonchev–Trinajstić information content (AvgIpc) is 2.75. The van der Waals surface area contributed by atoms with E-state index in [0.717, 1.165) is 24.6 Å². The van der Waals surface area contributed by atoms with Gasteiger partial charge in [-0.25, -0.2) is 0 Å². The number of rotatable bonds is 1. The summed E-state index contributed by atoms with van der Waals surface area (Å²) < 4.78 is 2.00. The number of pyridine rings is 1. The van der Waals surface area contributed by atoms with Crippen LogP contribution in [0.2, 0.25) is 5.02 Å². The normalized spacial score (nSPS) is 21.4. The minimum Gasteiger partial charge on any atom is -0.316 e. The summed E-state index contributed by atoms with van der Waals surface area (Å²) in [5.41, 5.74) is 0.754. The zero-order chi connectivity index (χ0) is 11.0. The fraction of sp³-hybridized carbons (Fsp3) is 0.455. The van der Waals surface area contributed by atoms with Crippen molar-refractivity contribution >= 4 is 17.2 Å². The molecule has 0 spiro atoms. The Morgan fingerprint density at radius 3 is 3.19 bits per heavy atom. The number of nitrogens with one attached hydrogen (secondary N) is 1. The van der Waals surface area contributed by atoms with Gasteiger partial charge in [-0.2, -0.15) is 0 Å². The van der Waals surface area contributed by atoms with Crippen LogP contribution in [0.5, 0.6) is 0 Å². The number of piperidine rings is 1. The fourth-order valence-corrected chi connectivity index (χ4v) is 2.45. The van der Waals surface area contributed by atoms with Gasteiger partial charge in [-0.05, 0) is 31.5 Å². The molecule has 1 atom stereocenters. The quantitative estimate of drug-likeness (QED) is 0.822. The highest BCUT2D eigenvalue weighted by molar-refractivity contribution is 6.33. The number of halogens is 1. The fourth-order valence-electron chi connectivity index (χ4n) is 2.25. The Morgan fingerprint density at radius 2 is 2.38 bits per heavy atom. The molecular formula is C11H13ClN4. The van der Waals surface area contributed by atoms with E-state index in [1.165, 1.54) is 12.8 Å². The molecule has 0 saturated carbocycles. The van der Waals surface area contributed by atoms with Crippen molar-refractivity contribution in [3.8, 4) is 0 Å². The molecule has 0 amide bonds. The second-order valence-corrected chi connectivity index (χ2v) is 4.56. The Hall–Kier alpha value is -1.13. The van der Waals surface area contributed by atoms with Gasteiger partial charge in [-0.3, -0.25) is 4.40 Å². The first-order valence-corrected chi connectivity index (χ1v) is 5.94. The molecule has 0 bridgehead atoms. The molecule has 0 aliphatic carbocycles. The molecule has 16 heavy (non-hydrogen) atoms. The summed E-state index contributed by atoms with van der Waals surface area (Å²) >= 11 is 6.07. The van der Waals surface area contributed by atoms with Crippen molar-refractivity contribution in [2.24, 2.45) is 0 Å². The van der Waals surface area contributed by atoms with Gasteiger partial charge >= 0.3 is 0 Å². The van der Waals surface area contributed by atoms with Crippen LogP contribution in [0.25, 0.3) is 5.65 Å².